The Bertz CT molecular complexity index is 757. The van der Waals surface area contributed by atoms with Crippen molar-refractivity contribution in [3.05, 3.63) is 59.3 Å². The number of rotatable bonds is 2. The zero-order chi connectivity index (χ0) is 18.9. The Morgan fingerprint density at radius 3 is 2.27 bits per heavy atom. The fourth-order valence-corrected chi connectivity index (χ4v) is 2.80. The summed E-state index contributed by atoms with van der Waals surface area (Å²) < 4.78 is 83.0. The Kier molecular flexibility index (Phi) is 4.83. The first-order chi connectivity index (χ1) is 12.2. The molecule has 1 aromatic carbocycles. The Balaban J connectivity index is 1.83. The van der Waals surface area contributed by atoms with E-state index < -0.39 is 29.6 Å². The SMILES string of the molecule is FC(F)(F)c1ccc(C2CN(c3ncccc3C(F)(F)F)CCO2)cc1. The summed E-state index contributed by atoms with van der Waals surface area (Å²) in [6.07, 6.45) is -8.37. The average Bonchev–Trinajstić information content (AvgIpc) is 2.60. The first-order valence-corrected chi connectivity index (χ1v) is 7.72. The van der Waals surface area contributed by atoms with Crippen LogP contribution in [0.25, 0.3) is 0 Å². The van der Waals surface area contributed by atoms with E-state index in [0.717, 1.165) is 18.2 Å². The molecule has 0 saturated carbocycles. The third-order valence-electron chi connectivity index (χ3n) is 4.07. The Morgan fingerprint density at radius 1 is 0.962 bits per heavy atom. The molecule has 0 aliphatic carbocycles. The van der Waals surface area contributed by atoms with Gasteiger partial charge in [-0.3, -0.25) is 0 Å². The monoisotopic (exact) mass is 376 g/mol. The van der Waals surface area contributed by atoms with Crippen molar-refractivity contribution in [2.75, 3.05) is 24.6 Å². The molecular formula is C17H14F6N2O. The van der Waals surface area contributed by atoms with Crippen LogP contribution < -0.4 is 4.90 Å². The van der Waals surface area contributed by atoms with Crippen molar-refractivity contribution in [1.82, 2.24) is 4.98 Å². The largest absolute Gasteiger partial charge is 0.419 e. The summed E-state index contributed by atoms with van der Waals surface area (Å²) in [4.78, 5) is 5.28. The molecule has 0 bridgehead atoms. The molecule has 0 radical (unpaired) electrons. The zero-order valence-corrected chi connectivity index (χ0v) is 13.3. The second kappa shape index (κ2) is 6.79. The lowest BCUT2D eigenvalue weighted by Gasteiger charge is -2.35. The van der Waals surface area contributed by atoms with Gasteiger partial charge in [-0.25, -0.2) is 4.98 Å². The minimum Gasteiger partial charge on any atom is -0.370 e. The highest BCUT2D eigenvalue weighted by Gasteiger charge is 2.37. The van der Waals surface area contributed by atoms with E-state index >= 15 is 0 Å². The minimum absolute atomic E-state index is 0.0610. The lowest BCUT2D eigenvalue weighted by Crippen LogP contribution is -2.40. The van der Waals surface area contributed by atoms with Crippen molar-refractivity contribution in [2.45, 2.75) is 18.5 Å². The number of ether oxygens (including phenoxy) is 1. The van der Waals surface area contributed by atoms with Gasteiger partial charge in [0, 0.05) is 19.3 Å². The smallest absolute Gasteiger partial charge is 0.370 e. The van der Waals surface area contributed by atoms with Crippen molar-refractivity contribution in [1.29, 1.82) is 0 Å². The second-order valence-corrected chi connectivity index (χ2v) is 5.80. The molecule has 1 saturated heterocycles. The summed E-state index contributed by atoms with van der Waals surface area (Å²) in [5, 5.41) is 0. The minimum atomic E-state index is -4.55. The third-order valence-corrected chi connectivity index (χ3v) is 4.07. The number of anilines is 1. The van der Waals surface area contributed by atoms with Gasteiger partial charge in [-0.15, -0.1) is 0 Å². The standard InChI is InChI=1S/C17H14F6N2O/c18-16(19,20)12-5-3-11(4-6-12)14-10-25(8-9-26-14)15-13(17(21,22)23)2-1-7-24-15/h1-7,14H,8-10H2. The number of hydrogen-bond acceptors (Lipinski definition) is 3. The molecule has 1 aromatic heterocycles. The first kappa shape index (κ1) is 18.5. The van der Waals surface area contributed by atoms with E-state index in [-0.39, 0.29) is 25.5 Å². The molecule has 0 N–H and O–H groups in total. The highest BCUT2D eigenvalue weighted by atomic mass is 19.4. The van der Waals surface area contributed by atoms with Gasteiger partial charge in [-0.05, 0) is 29.8 Å². The van der Waals surface area contributed by atoms with Gasteiger partial charge < -0.3 is 9.64 Å². The van der Waals surface area contributed by atoms with Crippen LogP contribution >= 0.6 is 0 Å². The summed E-state index contributed by atoms with van der Waals surface area (Å²) in [6.45, 7) is 0.405. The maximum atomic E-state index is 13.2. The Labute approximate surface area is 145 Å². The van der Waals surface area contributed by atoms with E-state index in [0.29, 0.717) is 5.56 Å². The van der Waals surface area contributed by atoms with Crippen molar-refractivity contribution >= 4 is 5.82 Å². The molecule has 1 fully saturated rings. The number of aromatic nitrogens is 1. The molecule has 3 nitrogen and oxygen atoms in total. The van der Waals surface area contributed by atoms with Crippen molar-refractivity contribution < 1.29 is 31.1 Å². The van der Waals surface area contributed by atoms with Crippen molar-refractivity contribution in [3.63, 3.8) is 0 Å². The molecule has 1 atom stereocenters. The van der Waals surface area contributed by atoms with E-state index in [4.69, 9.17) is 4.74 Å². The lowest BCUT2D eigenvalue weighted by atomic mass is 10.0. The van der Waals surface area contributed by atoms with E-state index in [9.17, 15) is 26.3 Å². The third kappa shape index (κ3) is 3.92. The topological polar surface area (TPSA) is 25.4 Å². The number of nitrogens with zero attached hydrogens (tertiary/aromatic N) is 2. The summed E-state index contributed by atoms with van der Waals surface area (Å²) in [7, 11) is 0. The number of halogens is 6. The molecule has 9 heteroatoms. The number of pyridine rings is 1. The van der Waals surface area contributed by atoms with Gasteiger partial charge in [0.25, 0.3) is 0 Å². The summed E-state index contributed by atoms with van der Waals surface area (Å²) in [5.74, 6) is -0.208. The molecule has 0 spiro atoms. The molecule has 1 aliphatic heterocycles. The van der Waals surface area contributed by atoms with Crippen LogP contribution in [0.1, 0.15) is 22.8 Å². The van der Waals surface area contributed by atoms with Gasteiger partial charge in [0.15, 0.2) is 0 Å². The highest BCUT2D eigenvalue weighted by Crippen LogP contribution is 2.37. The number of benzene rings is 1. The Morgan fingerprint density at radius 2 is 1.65 bits per heavy atom. The normalized spacial score (nSPS) is 18.8. The van der Waals surface area contributed by atoms with Crippen molar-refractivity contribution in [2.24, 2.45) is 0 Å². The summed E-state index contributed by atoms with van der Waals surface area (Å²) >= 11 is 0. The number of alkyl halides is 6. The predicted molar refractivity (Wildman–Crippen MR) is 81.6 cm³/mol. The van der Waals surface area contributed by atoms with Crippen LogP contribution in [0, 0.1) is 0 Å². The van der Waals surface area contributed by atoms with Crippen LogP contribution in [0.3, 0.4) is 0 Å². The van der Waals surface area contributed by atoms with Crippen molar-refractivity contribution in [3.8, 4) is 0 Å². The number of morpholine rings is 1. The molecule has 2 heterocycles. The van der Waals surface area contributed by atoms with Gasteiger partial charge >= 0.3 is 12.4 Å². The predicted octanol–water partition coefficient (Wildman–Crippen LogP) is 4.70. The summed E-state index contributed by atoms with van der Waals surface area (Å²) in [5.41, 5.74) is -1.18. The molecular weight excluding hydrogens is 362 g/mol. The van der Waals surface area contributed by atoms with Crippen LogP contribution in [-0.4, -0.2) is 24.7 Å². The fraction of sp³-hybridized carbons (Fsp3) is 0.353. The molecule has 2 aromatic rings. The quantitative estimate of drug-likeness (QED) is 0.711. The fourth-order valence-electron chi connectivity index (χ4n) is 2.80. The van der Waals surface area contributed by atoms with Gasteiger partial charge in [0.2, 0.25) is 0 Å². The molecule has 3 rings (SSSR count). The maximum Gasteiger partial charge on any atom is 0.419 e. The van der Waals surface area contributed by atoms with Crippen LogP contribution in [0.15, 0.2) is 42.6 Å². The van der Waals surface area contributed by atoms with E-state index in [1.807, 2.05) is 0 Å². The van der Waals surface area contributed by atoms with Gasteiger partial charge in [0.05, 0.1) is 17.7 Å². The van der Waals surface area contributed by atoms with Crippen LogP contribution in [0.4, 0.5) is 32.2 Å². The highest BCUT2D eigenvalue weighted by molar-refractivity contribution is 5.49. The first-order valence-electron chi connectivity index (χ1n) is 7.72. The van der Waals surface area contributed by atoms with E-state index in [1.165, 1.54) is 29.3 Å². The van der Waals surface area contributed by atoms with Gasteiger partial charge in [0.1, 0.15) is 11.9 Å². The van der Waals surface area contributed by atoms with Crippen LogP contribution in [0.2, 0.25) is 0 Å². The average molecular weight is 376 g/mol. The van der Waals surface area contributed by atoms with Crippen LogP contribution in [0.5, 0.6) is 0 Å². The number of hydrogen-bond donors (Lipinski definition) is 0. The van der Waals surface area contributed by atoms with Crippen LogP contribution in [-0.2, 0) is 17.1 Å². The van der Waals surface area contributed by atoms with E-state index in [1.54, 1.807) is 0 Å². The lowest BCUT2D eigenvalue weighted by molar-refractivity contribution is -0.138. The maximum absolute atomic E-state index is 13.2. The molecule has 0 amide bonds. The molecule has 140 valence electrons. The van der Waals surface area contributed by atoms with E-state index in [2.05, 4.69) is 4.98 Å². The second-order valence-electron chi connectivity index (χ2n) is 5.80. The zero-order valence-electron chi connectivity index (χ0n) is 13.3. The molecule has 1 unspecified atom stereocenters. The summed E-state index contributed by atoms with van der Waals surface area (Å²) in [6, 6.07) is 6.57. The van der Waals surface area contributed by atoms with Gasteiger partial charge in [-0.1, -0.05) is 12.1 Å². The molecule has 26 heavy (non-hydrogen) atoms. The molecule has 1 aliphatic rings. The van der Waals surface area contributed by atoms with Gasteiger partial charge in [-0.2, -0.15) is 26.3 Å². The Hall–Kier alpha value is -2.29.